The second-order valence-corrected chi connectivity index (χ2v) is 7.46. The summed E-state index contributed by atoms with van der Waals surface area (Å²) in [4.78, 5) is 29.1. The second-order valence-electron chi connectivity index (χ2n) is 7.46. The molecule has 4 nitrogen and oxygen atoms in total. The fourth-order valence-electron chi connectivity index (χ4n) is 4.06. The molecule has 2 saturated heterocycles. The summed E-state index contributed by atoms with van der Waals surface area (Å²) in [5, 5.41) is 0. The van der Waals surface area contributed by atoms with E-state index >= 15 is 0 Å². The van der Waals surface area contributed by atoms with Gasteiger partial charge in [0.15, 0.2) is 0 Å². The van der Waals surface area contributed by atoms with Crippen molar-refractivity contribution in [3.05, 3.63) is 35.9 Å². The number of carbonyl (C=O) groups is 2. The smallest absolute Gasteiger partial charge is 0.228 e. The van der Waals surface area contributed by atoms with Crippen LogP contribution in [-0.2, 0) is 16.0 Å². The molecule has 130 valence electrons. The Balaban J connectivity index is 1.57. The maximum absolute atomic E-state index is 12.9. The number of hydrogen-bond acceptors (Lipinski definition) is 2. The molecule has 0 spiro atoms. The summed E-state index contributed by atoms with van der Waals surface area (Å²) >= 11 is 0. The first kappa shape index (κ1) is 17.0. The van der Waals surface area contributed by atoms with Crippen LogP contribution < -0.4 is 0 Å². The Bertz CT molecular complexity index is 585. The monoisotopic (exact) mass is 328 g/mol. The highest BCUT2D eigenvalue weighted by Gasteiger charge is 2.40. The number of benzene rings is 1. The van der Waals surface area contributed by atoms with E-state index in [1.165, 1.54) is 5.56 Å². The van der Waals surface area contributed by atoms with Gasteiger partial charge < -0.3 is 9.80 Å². The van der Waals surface area contributed by atoms with Crippen molar-refractivity contribution in [1.82, 2.24) is 9.80 Å². The topological polar surface area (TPSA) is 40.6 Å². The first-order valence-electron chi connectivity index (χ1n) is 9.18. The molecule has 0 bridgehead atoms. The molecule has 2 amide bonds. The van der Waals surface area contributed by atoms with Crippen molar-refractivity contribution in [2.45, 2.75) is 45.6 Å². The van der Waals surface area contributed by atoms with Gasteiger partial charge in [0.1, 0.15) is 0 Å². The van der Waals surface area contributed by atoms with Crippen LogP contribution >= 0.6 is 0 Å². The third-order valence-electron chi connectivity index (χ3n) is 5.43. The number of rotatable bonds is 5. The Morgan fingerprint density at radius 2 is 2.00 bits per heavy atom. The maximum atomic E-state index is 12.9. The summed E-state index contributed by atoms with van der Waals surface area (Å²) in [5.74, 6) is 0.668. The zero-order valence-corrected chi connectivity index (χ0v) is 14.8. The van der Waals surface area contributed by atoms with Crippen LogP contribution in [0.2, 0.25) is 0 Å². The Morgan fingerprint density at radius 3 is 2.71 bits per heavy atom. The van der Waals surface area contributed by atoms with Crippen molar-refractivity contribution in [2.75, 3.05) is 19.6 Å². The summed E-state index contributed by atoms with van der Waals surface area (Å²) in [6.45, 7) is 6.52. The number of hydrogen-bond donors (Lipinski definition) is 0. The minimum Gasteiger partial charge on any atom is -0.342 e. The van der Waals surface area contributed by atoms with Gasteiger partial charge in [-0.2, -0.15) is 0 Å². The molecule has 2 heterocycles. The molecule has 0 saturated carbocycles. The fourth-order valence-corrected chi connectivity index (χ4v) is 4.06. The van der Waals surface area contributed by atoms with Crippen LogP contribution in [0.4, 0.5) is 0 Å². The van der Waals surface area contributed by atoms with E-state index in [9.17, 15) is 9.59 Å². The van der Waals surface area contributed by atoms with E-state index in [2.05, 4.69) is 26.0 Å². The lowest BCUT2D eigenvalue weighted by Gasteiger charge is -2.29. The molecule has 1 aromatic carbocycles. The molecular weight excluding hydrogens is 300 g/mol. The van der Waals surface area contributed by atoms with Gasteiger partial charge in [0.05, 0.1) is 5.92 Å². The fraction of sp³-hybridized carbons (Fsp3) is 0.600. The van der Waals surface area contributed by atoms with Crippen LogP contribution in [0.1, 0.15) is 38.7 Å². The highest BCUT2D eigenvalue weighted by atomic mass is 16.2. The summed E-state index contributed by atoms with van der Waals surface area (Å²) in [6, 6.07) is 10.6. The van der Waals surface area contributed by atoms with Gasteiger partial charge >= 0.3 is 0 Å². The summed E-state index contributed by atoms with van der Waals surface area (Å²) in [6.07, 6.45) is 3.43. The van der Waals surface area contributed by atoms with Gasteiger partial charge in [-0.3, -0.25) is 9.59 Å². The third kappa shape index (κ3) is 3.63. The average Bonchev–Trinajstić information content (AvgIpc) is 3.20. The zero-order valence-electron chi connectivity index (χ0n) is 14.8. The lowest BCUT2D eigenvalue weighted by Crippen LogP contribution is -2.42. The molecular formula is C20H28N2O2. The molecule has 2 fully saturated rings. The third-order valence-corrected chi connectivity index (χ3v) is 5.43. The molecule has 0 aromatic heterocycles. The summed E-state index contributed by atoms with van der Waals surface area (Å²) in [7, 11) is 0. The first-order chi connectivity index (χ1) is 11.6. The Kier molecular flexibility index (Phi) is 5.22. The van der Waals surface area contributed by atoms with Crippen LogP contribution in [0, 0.1) is 11.8 Å². The highest BCUT2D eigenvalue weighted by molar-refractivity contribution is 5.89. The van der Waals surface area contributed by atoms with Crippen LogP contribution in [0.25, 0.3) is 0 Å². The number of carbonyl (C=O) groups excluding carboxylic acids is 2. The largest absolute Gasteiger partial charge is 0.342 e. The molecule has 0 radical (unpaired) electrons. The SMILES string of the molecule is CC(C)[C@H]1CCCN1C(=O)[C@@H]1CC(=O)N(CCc2ccccc2)C1. The molecule has 2 atom stereocenters. The predicted molar refractivity (Wildman–Crippen MR) is 94.4 cm³/mol. The van der Waals surface area contributed by atoms with E-state index in [-0.39, 0.29) is 17.7 Å². The summed E-state index contributed by atoms with van der Waals surface area (Å²) < 4.78 is 0. The average molecular weight is 328 g/mol. The van der Waals surface area contributed by atoms with Crippen LogP contribution in [0.5, 0.6) is 0 Å². The Labute approximate surface area is 144 Å². The lowest BCUT2D eigenvalue weighted by atomic mass is 10.00. The van der Waals surface area contributed by atoms with Crippen molar-refractivity contribution in [3.63, 3.8) is 0 Å². The summed E-state index contributed by atoms with van der Waals surface area (Å²) in [5.41, 5.74) is 1.24. The molecule has 1 aromatic rings. The van der Waals surface area contributed by atoms with Gasteiger partial charge in [-0.1, -0.05) is 44.2 Å². The van der Waals surface area contributed by atoms with Crippen molar-refractivity contribution >= 4 is 11.8 Å². The molecule has 0 unspecified atom stereocenters. The second kappa shape index (κ2) is 7.37. The highest BCUT2D eigenvalue weighted by Crippen LogP contribution is 2.28. The van der Waals surface area contributed by atoms with E-state index < -0.39 is 0 Å². The Hall–Kier alpha value is -1.84. The molecule has 0 aliphatic carbocycles. The normalized spacial score (nSPS) is 24.2. The van der Waals surface area contributed by atoms with E-state index in [1.807, 2.05) is 28.0 Å². The van der Waals surface area contributed by atoms with E-state index in [0.717, 1.165) is 25.8 Å². The van der Waals surface area contributed by atoms with Crippen molar-refractivity contribution in [3.8, 4) is 0 Å². The van der Waals surface area contributed by atoms with Gasteiger partial charge in [0.25, 0.3) is 0 Å². The van der Waals surface area contributed by atoms with E-state index in [0.29, 0.717) is 31.5 Å². The number of likely N-dealkylation sites (tertiary alicyclic amines) is 2. The number of nitrogens with zero attached hydrogens (tertiary/aromatic N) is 2. The van der Waals surface area contributed by atoms with Gasteiger partial charge in [0.2, 0.25) is 11.8 Å². The van der Waals surface area contributed by atoms with E-state index in [1.54, 1.807) is 0 Å². The molecule has 3 rings (SSSR count). The zero-order chi connectivity index (χ0) is 17.1. The minimum atomic E-state index is -0.146. The number of amides is 2. The van der Waals surface area contributed by atoms with Gasteiger partial charge in [-0.15, -0.1) is 0 Å². The predicted octanol–water partition coefficient (Wildman–Crippen LogP) is 2.72. The van der Waals surface area contributed by atoms with Crippen molar-refractivity contribution in [2.24, 2.45) is 11.8 Å². The van der Waals surface area contributed by atoms with Crippen LogP contribution in [0.15, 0.2) is 30.3 Å². The quantitative estimate of drug-likeness (QED) is 0.834. The molecule has 2 aliphatic heterocycles. The molecule has 0 N–H and O–H groups in total. The molecule has 2 aliphatic rings. The lowest BCUT2D eigenvalue weighted by molar-refractivity contribution is -0.137. The van der Waals surface area contributed by atoms with Gasteiger partial charge in [0, 0.05) is 32.1 Å². The first-order valence-corrected chi connectivity index (χ1v) is 9.18. The van der Waals surface area contributed by atoms with Crippen LogP contribution in [-0.4, -0.2) is 47.3 Å². The standard InChI is InChI=1S/C20H28N2O2/c1-15(2)18-9-6-11-22(18)20(24)17-13-19(23)21(14-17)12-10-16-7-4-3-5-8-16/h3-5,7-8,15,17-18H,6,9-14H2,1-2H3/t17-,18-/m1/s1. The van der Waals surface area contributed by atoms with Crippen LogP contribution in [0.3, 0.4) is 0 Å². The van der Waals surface area contributed by atoms with E-state index in [4.69, 9.17) is 0 Å². The van der Waals surface area contributed by atoms with Crippen molar-refractivity contribution in [1.29, 1.82) is 0 Å². The molecule has 4 heteroatoms. The minimum absolute atomic E-state index is 0.129. The van der Waals surface area contributed by atoms with Crippen molar-refractivity contribution < 1.29 is 9.59 Å². The van der Waals surface area contributed by atoms with Gasteiger partial charge in [-0.25, -0.2) is 0 Å². The van der Waals surface area contributed by atoms with Gasteiger partial charge in [-0.05, 0) is 30.7 Å². The Morgan fingerprint density at radius 1 is 1.25 bits per heavy atom. The molecule has 24 heavy (non-hydrogen) atoms. The maximum Gasteiger partial charge on any atom is 0.228 e.